The highest BCUT2D eigenvalue weighted by atomic mass is 16.5. The zero-order valence-electron chi connectivity index (χ0n) is 12.2. The average Bonchev–Trinajstić information content (AvgIpc) is 3.00. The maximum Gasteiger partial charge on any atom is 0.247 e. The fourth-order valence-electron chi connectivity index (χ4n) is 3.70. The second kappa shape index (κ2) is 5.45. The number of ether oxygens (including phenoxy) is 1. The maximum atomic E-state index is 12.5. The molecule has 0 aromatic heterocycles. The lowest BCUT2D eigenvalue weighted by Crippen LogP contribution is -2.54. The van der Waals surface area contributed by atoms with Crippen LogP contribution in [0.25, 0.3) is 0 Å². The highest BCUT2D eigenvalue weighted by Crippen LogP contribution is 2.30. The molecule has 1 aliphatic carbocycles. The zero-order valence-corrected chi connectivity index (χ0v) is 12.2. The van der Waals surface area contributed by atoms with E-state index < -0.39 is 0 Å². The fourth-order valence-corrected chi connectivity index (χ4v) is 3.70. The number of likely N-dealkylation sites (tertiary alicyclic amines) is 1. The van der Waals surface area contributed by atoms with Crippen LogP contribution in [-0.2, 0) is 14.3 Å². The van der Waals surface area contributed by atoms with Gasteiger partial charge in [0.2, 0.25) is 11.8 Å². The normalized spacial score (nSPS) is 31.2. The first-order valence-corrected chi connectivity index (χ1v) is 7.80. The van der Waals surface area contributed by atoms with Gasteiger partial charge in [0.05, 0.1) is 12.5 Å². The second-order valence-electron chi connectivity index (χ2n) is 6.61. The minimum Gasteiger partial charge on any atom is -0.381 e. The van der Waals surface area contributed by atoms with Gasteiger partial charge in [-0.15, -0.1) is 0 Å². The number of nitrogens with one attached hydrogen (secondary N) is 1. The first-order valence-electron chi connectivity index (χ1n) is 7.80. The monoisotopic (exact) mass is 280 g/mol. The predicted octanol–water partition coefficient (Wildman–Crippen LogP) is 1.22. The SMILES string of the molecule is CC1(NC2CC(=O)N(C3CCCC3)C2=O)CCOCC1. The van der Waals surface area contributed by atoms with Crippen molar-refractivity contribution in [2.24, 2.45) is 0 Å². The van der Waals surface area contributed by atoms with E-state index in [1.165, 1.54) is 0 Å². The van der Waals surface area contributed by atoms with Crippen molar-refractivity contribution in [3.8, 4) is 0 Å². The lowest BCUT2D eigenvalue weighted by Gasteiger charge is -2.36. The van der Waals surface area contributed by atoms with Gasteiger partial charge in [-0.05, 0) is 32.6 Å². The maximum absolute atomic E-state index is 12.5. The van der Waals surface area contributed by atoms with Gasteiger partial charge in [0.25, 0.3) is 0 Å². The van der Waals surface area contributed by atoms with Crippen LogP contribution >= 0.6 is 0 Å². The zero-order chi connectivity index (χ0) is 14.2. The Balaban J connectivity index is 1.66. The second-order valence-corrected chi connectivity index (χ2v) is 6.61. The Morgan fingerprint density at radius 1 is 1.20 bits per heavy atom. The molecule has 1 N–H and O–H groups in total. The van der Waals surface area contributed by atoms with Crippen LogP contribution in [0.15, 0.2) is 0 Å². The van der Waals surface area contributed by atoms with E-state index in [4.69, 9.17) is 4.74 Å². The number of nitrogens with zero attached hydrogens (tertiary/aromatic N) is 1. The Labute approximate surface area is 120 Å². The molecule has 3 aliphatic rings. The number of hydrogen-bond donors (Lipinski definition) is 1. The minimum atomic E-state index is -0.328. The van der Waals surface area contributed by atoms with Crippen LogP contribution in [0, 0.1) is 0 Å². The number of rotatable bonds is 3. The molecule has 0 bridgehead atoms. The summed E-state index contributed by atoms with van der Waals surface area (Å²) < 4.78 is 5.38. The molecule has 0 aromatic rings. The molecule has 1 atom stereocenters. The Morgan fingerprint density at radius 2 is 1.85 bits per heavy atom. The van der Waals surface area contributed by atoms with E-state index in [2.05, 4.69) is 12.2 Å². The van der Waals surface area contributed by atoms with Crippen molar-refractivity contribution in [1.82, 2.24) is 10.2 Å². The number of carbonyl (C=O) groups excluding carboxylic acids is 2. The topological polar surface area (TPSA) is 58.6 Å². The van der Waals surface area contributed by atoms with E-state index in [0.29, 0.717) is 6.42 Å². The average molecular weight is 280 g/mol. The third kappa shape index (κ3) is 2.61. The summed E-state index contributed by atoms with van der Waals surface area (Å²) in [6.45, 7) is 3.58. The van der Waals surface area contributed by atoms with Crippen molar-refractivity contribution < 1.29 is 14.3 Å². The lowest BCUT2D eigenvalue weighted by atomic mass is 9.91. The third-order valence-electron chi connectivity index (χ3n) is 4.99. The van der Waals surface area contributed by atoms with Gasteiger partial charge in [0.15, 0.2) is 0 Å². The first kappa shape index (κ1) is 14.0. The van der Waals surface area contributed by atoms with Gasteiger partial charge in [-0.3, -0.25) is 19.8 Å². The molecule has 112 valence electrons. The van der Waals surface area contributed by atoms with Gasteiger partial charge in [-0.1, -0.05) is 12.8 Å². The molecule has 0 aromatic carbocycles. The molecule has 1 saturated carbocycles. The summed E-state index contributed by atoms with van der Waals surface area (Å²) in [6, 6.07) is -0.171. The van der Waals surface area contributed by atoms with E-state index in [0.717, 1.165) is 51.7 Å². The Bertz CT molecular complexity index is 398. The van der Waals surface area contributed by atoms with Crippen LogP contribution in [0.1, 0.15) is 51.9 Å². The van der Waals surface area contributed by atoms with E-state index in [-0.39, 0.29) is 29.4 Å². The number of imide groups is 1. The molecule has 2 aliphatic heterocycles. The lowest BCUT2D eigenvalue weighted by molar-refractivity contribution is -0.141. The molecule has 2 amide bonds. The molecule has 0 radical (unpaired) electrons. The van der Waals surface area contributed by atoms with Crippen molar-refractivity contribution in [3.63, 3.8) is 0 Å². The summed E-state index contributed by atoms with van der Waals surface area (Å²) in [5.74, 6) is 0.00433. The van der Waals surface area contributed by atoms with Crippen molar-refractivity contribution in [2.75, 3.05) is 13.2 Å². The summed E-state index contributed by atoms with van der Waals surface area (Å²) in [4.78, 5) is 26.2. The van der Waals surface area contributed by atoms with Gasteiger partial charge in [0.1, 0.15) is 0 Å². The Morgan fingerprint density at radius 3 is 2.50 bits per heavy atom. The Kier molecular flexibility index (Phi) is 3.82. The summed E-state index contributed by atoms with van der Waals surface area (Å²) >= 11 is 0. The molecular weight excluding hydrogens is 256 g/mol. The van der Waals surface area contributed by atoms with Crippen LogP contribution < -0.4 is 5.32 Å². The highest BCUT2D eigenvalue weighted by Gasteiger charge is 2.45. The van der Waals surface area contributed by atoms with Crippen molar-refractivity contribution in [1.29, 1.82) is 0 Å². The largest absolute Gasteiger partial charge is 0.381 e. The fraction of sp³-hybridized carbons (Fsp3) is 0.867. The third-order valence-corrected chi connectivity index (χ3v) is 4.99. The van der Waals surface area contributed by atoms with Crippen LogP contribution in [0.4, 0.5) is 0 Å². The van der Waals surface area contributed by atoms with E-state index in [1.54, 1.807) is 4.90 Å². The number of hydrogen-bond acceptors (Lipinski definition) is 4. The van der Waals surface area contributed by atoms with Gasteiger partial charge in [0, 0.05) is 24.8 Å². The highest BCUT2D eigenvalue weighted by molar-refractivity contribution is 6.05. The molecule has 20 heavy (non-hydrogen) atoms. The molecule has 5 nitrogen and oxygen atoms in total. The summed E-state index contributed by atoms with van der Waals surface area (Å²) in [5.41, 5.74) is -0.0788. The summed E-state index contributed by atoms with van der Waals surface area (Å²) in [6.07, 6.45) is 6.35. The standard InChI is InChI=1S/C15H24N2O3/c1-15(6-8-20-9-7-15)16-12-10-13(18)17(14(12)19)11-4-2-3-5-11/h11-12,16H,2-10H2,1H3. The van der Waals surface area contributed by atoms with Gasteiger partial charge in [-0.25, -0.2) is 0 Å². The van der Waals surface area contributed by atoms with Crippen molar-refractivity contribution in [3.05, 3.63) is 0 Å². The van der Waals surface area contributed by atoms with Gasteiger partial charge >= 0.3 is 0 Å². The number of amides is 2. The van der Waals surface area contributed by atoms with Crippen molar-refractivity contribution >= 4 is 11.8 Å². The summed E-state index contributed by atoms with van der Waals surface area (Å²) in [5, 5.41) is 3.44. The molecule has 0 spiro atoms. The van der Waals surface area contributed by atoms with Crippen LogP contribution in [0.5, 0.6) is 0 Å². The first-order chi connectivity index (χ1) is 9.59. The van der Waals surface area contributed by atoms with E-state index in [1.807, 2.05) is 0 Å². The number of carbonyl (C=O) groups is 2. The molecular formula is C15H24N2O3. The molecule has 2 heterocycles. The smallest absolute Gasteiger partial charge is 0.247 e. The van der Waals surface area contributed by atoms with Crippen LogP contribution in [-0.4, -0.2) is 47.6 Å². The molecule has 5 heteroatoms. The van der Waals surface area contributed by atoms with Crippen LogP contribution in [0.3, 0.4) is 0 Å². The molecule has 3 rings (SSSR count). The quantitative estimate of drug-likeness (QED) is 0.790. The molecule has 3 fully saturated rings. The van der Waals surface area contributed by atoms with Gasteiger partial charge in [-0.2, -0.15) is 0 Å². The molecule has 2 saturated heterocycles. The summed E-state index contributed by atoms with van der Waals surface area (Å²) in [7, 11) is 0. The van der Waals surface area contributed by atoms with E-state index in [9.17, 15) is 9.59 Å². The molecule has 1 unspecified atom stereocenters. The van der Waals surface area contributed by atoms with Crippen LogP contribution in [0.2, 0.25) is 0 Å². The van der Waals surface area contributed by atoms with Crippen molar-refractivity contribution in [2.45, 2.75) is 69.5 Å². The van der Waals surface area contributed by atoms with Gasteiger partial charge < -0.3 is 4.74 Å². The predicted molar refractivity (Wildman–Crippen MR) is 74.1 cm³/mol. The van der Waals surface area contributed by atoms with E-state index >= 15 is 0 Å². The minimum absolute atomic E-state index is 0.00498. The Hall–Kier alpha value is -0.940.